The lowest BCUT2D eigenvalue weighted by Crippen LogP contribution is -2.05. The van der Waals surface area contributed by atoms with E-state index in [1.165, 1.54) is 6.33 Å². The maximum Gasteiger partial charge on any atom is 0.158 e. The van der Waals surface area contributed by atoms with E-state index in [9.17, 15) is 0 Å². The highest BCUT2D eigenvalue weighted by Crippen LogP contribution is 2.12. The Labute approximate surface area is 102 Å². The number of nitrogens with one attached hydrogen (secondary N) is 1. The van der Waals surface area contributed by atoms with Crippen LogP contribution in [0.2, 0.25) is 0 Å². The summed E-state index contributed by atoms with van der Waals surface area (Å²) >= 11 is 3.35. The van der Waals surface area contributed by atoms with Gasteiger partial charge in [-0.2, -0.15) is 5.10 Å². The van der Waals surface area contributed by atoms with Crippen molar-refractivity contribution >= 4 is 21.7 Å². The molecular formula is C10H12BrN5. The number of hydrogen-bond acceptors (Lipinski definition) is 4. The Kier molecular flexibility index (Phi) is 3.51. The first-order valence-electron chi connectivity index (χ1n) is 5.06. The predicted molar refractivity (Wildman–Crippen MR) is 65.6 cm³/mol. The molecule has 0 spiro atoms. The summed E-state index contributed by atoms with van der Waals surface area (Å²) < 4.78 is 2.62. The van der Waals surface area contributed by atoms with Crippen LogP contribution >= 0.6 is 15.9 Å². The van der Waals surface area contributed by atoms with E-state index in [-0.39, 0.29) is 0 Å². The van der Waals surface area contributed by atoms with E-state index in [1.54, 1.807) is 10.9 Å². The van der Waals surface area contributed by atoms with Crippen LogP contribution in [0.4, 0.5) is 5.82 Å². The fourth-order valence-electron chi connectivity index (χ4n) is 1.25. The van der Waals surface area contributed by atoms with Gasteiger partial charge in [0.25, 0.3) is 0 Å². The van der Waals surface area contributed by atoms with E-state index >= 15 is 0 Å². The minimum absolute atomic E-state index is 0.749. The molecule has 0 bridgehead atoms. The van der Waals surface area contributed by atoms with Gasteiger partial charge >= 0.3 is 0 Å². The molecule has 84 valence electrons. The van der Waals surface area contributed by atoms with Crippen LogP contribution in [0.3, 0.4) is 0 Å². The monoisotopic (exact) mass is 281 g/mol. The van der Waals surface area contributed by atoms with Crippen LogP contribution in [-0.4, -0.2) is 26.3 Å². The third-order valence-corrected chi connectivity index (χ3v) is 2.40. The molecule has 0 saturated heterocycles. The molecule has 5 nitrogen and oxygen atoms in total. The van der Waals surface area contributed by atoms with Crippen LogP contribution in [-0.2, 0) is 0 Å². The van der Waals surface area contributed by atoms with E-state index < -0.39 is 0 Å². The second-order valence-corrected chi connectivity index (χ2v) is 4.21. The quantitative estimate of drug-likeness (QED) is 0.934. The SMILES string of the molecule is CCCNc1cc(-n2cc(Br)cn2)ncn1. The topological polar surface area (TPSA) is 55.6 Å². The fraction of sp³-hybridized carbons (Fsp3) is 0.300. The molecule has 0 aromatic carbocycles. The van der Waals surface area contributed by atoms with Crippen molar-refractivity contribution in [1.82, 2.24) is 19.7 Å². The van der Waals surface area contributed by atoms with E-state index in [0.717, 1.165) is 29.1 Å². The first-order chi connectivity index (χ1) is 7.79. The number of nitrogens with zero attached hydrogens (tertiary/aromatic N) is 4. The van der Waals surface area contributed by atoms with Gasteiger partial charge in [0.2, 0.25) is 0 Å². The molecule has 1 N–H and O–H groups in total. The molecular weight excluding hydrogens is 270 g/mol. The van der Waals surface area contributed by atoms with Gasteiger partial charge in [0.1, 0.15) is 12.1 Å². The molecule has 0 radical (unpaired) electrons. The van der Waals surface area contributed by atoms with Crippen molar-refractivity contribution in [1.29, 1.82) is 0 Å². The summed E-state index contributed by atoms with van der Waals surface area (Å²) in [5, 5.41) is 7.37. The van der Waals surface area contributed by atoms with E-state index in [1.807, 2.05) is 12.3 Å². The summed E-state index contributed by atoms with van der Waals surface area (Å²) in [6.45, 7) is 3.01. The maximum absolute atomic E-state index is 4.16. The van der Waals surface area contributed by atoms with Gasteiger partial charge in [0.15, 0.2) is 5.82 Å². The van der Waals surface area contributed by atoms with Crippen molar-refractivity contribution < 1.29 is 0 Å². The molecule has 6 heteroatoms. The predicted octanol–water partition coefficient (Wildman–Crippen LogP) is 2.25. The van der Waals surface area contributed by atoms with E-state index in [0.29, 0.717) is 0 Å². The number of anilines is 1. The molecule has 2 aromatic rings. The third-order valence-electron chi connectivity index (χ3n) is 1.99. The lowest BCUT2D eigenvalue weighted by Gasteiger charge is -2.05. The van der Waals surface area contributed by atoms with Gasteiger partial charge in [0.05, 0.1) is 10.7 Å². The Morgan fingerprint density at radius 3 is 3.00 bits per heavy atom. The number of aromatic nitrogens is 4. The molecule has 0 aliphatic heterocycles. The normalized spacial score (nSPS) is 10.4. The lowest BCUT2D eigenvalue weighted by molar-refractivity contribution is 0.838. The minimum atomic E-state index is 0.749. The molecule has 0 unspecified atom stereocenters. The van der Waals surface area contributed by atoms with Crippen LogP contribution in [0.1, 0.15) is 13.3 Å². The van der Waals surface area contributed by atoms with Gasteiger partial charge in [-0.1, -0.05) is 6.92 Å². The standard InChI is InChI=1S/C10H12BrN5/c1-2-3-12-9-4-10(14-7-13-9)16-6-8(11)5-15-16/h4-7H,2-3H2,1H3,(H,12,13,14). The van der Waals surface area contributed by atoms with Gasteiger partial charge in [-0.15, -0.1) is 0 Å². The van der Waals surface area contributed by atoms with Gasteiger partial charge in [-0.25, -0.2) is 14.6 Å². The van der Waals surface area contributed by atoms with Crippen molar-refractivity contribution in [3.63, 3.8) is 0 Å². The summed E-state index contributed by atoms with van der Waals surface area (Å²) in [6.07, 6.45) is 6.17. The summed E-state index contributed by atoms with van der Waals surface area (Å²) in [6, 6.07) is 1.87. The molecule has 16 heavy (non-hydrogen) atoms. The number of halogens is 1. The van der Waals surface area contributed by atoms with Crippen molar-refractivity contribution in [2.75, 3.05) is 11.9 Å². The average Bonchev–Trinajstić information content (AvgIpc) is 2.74. The second-order valence-electron chi connectivity index (χ2n) is 3.29. The zero-order valence-electron chi connectivity index (χ0n) is 8.89. The van der Waals surface area contributed by atoms with Gasteiger partial charge < -0.3 is 5.32 Å². The Morgan fingerprint density at radius 2 is 2.31 bits per heavy atom. The molecule has 0 saturated carbocycles. The first kappa shape index (κ1) is 11.1. The van der Waals surface area contributed by atoms with E-state index in [2.05, 4.69) is 43.2 Å². The number of hydrogen-bond donors (Lipinski definition) is 1. The molecule has 0 amide bonds. The van der Waals surface area contributed by atoms with Gasteiger partial charge in [-0.3, -0.25) is 0 Å². The zero-order valence-corrected chi connectivity index (χ0v) is 10.5. The first-order valence-corrected chi connectivity index (χ1v) is 5.85. The Hall–Kier alpha value is -1.43. The van der Waals surface area contributed by atoms with Crippen molar-refractivity contribution in [2.24, 2.45) is 0 Å². The molecule has 0 fully saturated rings. The molecule has 0 aliphatic rings. The van der Waals surface area contributed by atoms with Crippen LogP contribution in [0, 0.1) is 0 Å². The van der Waals surface area contributed by atoms with Gasteiger partial charge in [0, 0.05) is 18.8 Å². The highest BCUT2D eigenvalue weighted by Gasteiger charge is 2.02. The fourth-order valence-corrected chi connectivity index (χ4v) is 1.53. The maximum atomic E-state index is 4.16. The summed E-state index contributed by atoms with van der Waals surface area (Å²) in [5.41, 5.74) is 0. The lowest BCUT2D eigenvalue weighted by atomic mass is 10.4. The molecule has 2 rings (SSSR count). The second kappa shape index (κ2) is 5.07. The molecule has 2 aromatic heterocycles. The smallest absolute Gasteiger partial charge is 0.158 e. The van der Waals surface area contributed by atoms with Crippen LogP contribution in [0.15, 0.2) is 29.3 Å². The third kappa shape index (κ3) is 2.57. The van der Waals surface area contributed by atoms with E-state index in [4.69, 9.17) is 0 Å². The van der Waals surface area contributed by atoms with Crippen molar-refractivity contribution in [3.05, 3.63) is 29.3 Å². The summed E-state index contributed by atoms with van der Waals surface area (Å²) in [4.78, 5) is 8.29. The largest absolute Gasteiger partial charge is 0.370 e. The number of rotatable bonds is 4. The van der Waals surface area contributed by atoms with Crippen LogP contribution in [0.25, 0.3) is 5.82 Å². The summed E-state index contributed by atoms with van der Waals surface area (Å²) in [5.74, 6) is 1.57. The summed E-state index contributed by atoms with van der Waals surface area (Å²) in [7, 11) is 0. The van der Waals surface area contributed by atoms with Crippen LogP contribution < -0.4 is 5.32 Å². The highest BCUT2D eigenvalue weighted by atomic mass is 79.9. The molecule has 2 heterocycles. The Bertz CT molecular complexity index is 468. The Morgan fingerprint density at radius 1 is 1.44 bits per heavy atom. The molecule has 0 aliphatic carbocycles. The minimum Gasteiger partial charge on any atom is -0.370 e. The highest BCUT2D eigenvalue weighted by molar-refractivity contribution is 9.10. The zero-order chi connectivity index (χ0) is 11.4. The van der Waals surface area contributed by atoms with Crippen LogP contribution in [0.5, 0.6) is 0 Å². The Balaban J connectivity index is 2.22. The van der Waals surface area contributed by atoms with Crippen molar-refractivity contribution in [2.45, 2.75) is 13.3 Å². The van der Waals surface area contributed by atoms with Gasteiger partial charge in [-0.05, 0) is 22.4 Å². The molecule has 0 atom stereocenters. The van der Waals surface area contributed by atoms with Crippen molar-refractivity contribution in [3.8, 4) is 5.82 Å². The average molecular weight is 282 g/mol.